The number of hydrogen-bond donors (Lipinski definition) is 0. The van der Waals surface area contributed by atoms with Crippen molar-refractivity contribution in [2.75, 3.05) is 25.6 Å². The van der Waals surface area contributed by atoms with Crippen molar-refractivity contribution >= 4 is 14.4 Å². The summed E-state index contributed by atoms with van der Waals surface area (Å²) in [5, 5.41) is 0. The fraction of sp³-hybridized carbons (Fsp3) is 0.909. The third-order valence-electron chi connectivity index (χ3n) is 1.72. The summed E-state index contributed by atoms with van der Waals surface area (Å²) >= 11 is 0. The van der Waals surface area contributed by atoms with Crippen LogP contribution >= 0.6 is 7.92 Å². The van der Waals surface area contributed by atoms with Gasteiger partial charge < -0.3 is 4.74 Å². The van der Waals surface area contributed by atoms with E-state index in [0.717, 1.165) is 0 Å². The van der Waals surface area contributed by atoms with Crippen LogP contribution in [-0.4, -0.2) is 32.1 Å². The van der Waals surface area contributed by atoms with Gasteiger partial charge in [0.15, 0.2) is 0 Å². The maximum Gasteiger partial charge on any atom is 0.292 e. The Morgan fingerprint density at radius 1 is 1.00 bits per heavy atom. The van der Waals surface area contributed by atoms with Gasteiger partial charge in [0.1, 0.15) is 0 Å². The van der Waals surface area contributed by atoms with Gasteiger partial charge in [-0.2, -0.15) is 0 Å². The molecule has 0 aromatic carbocycles. The largest absolute Gasteiger partial charge is 0.471 e. The van der Waals surface area contributed by atoms with Crippen LogP contribution in [0.25, 0.3) is 0 Å². The summed E-state index contributed by atoms with van der Waals surface area (Å²) < 4.78 is 3.86. The monoisotopic (exact) mass is 220 g/mol. The van der Waals surface area contributed by atoms with Crippen LogP contribution in [0.1, 0.15) is 40.0 Å². The fourth-order valence-electron chi connectivity index (χ4n) is 1.28. The van der Waals surface area contributed by atoms with E-state index in [0.29, 0.717) is 14.4 Å². The minimum atomic E-state index is 0.375. The van der Waals surface area contributed by atoms with Crippen molar-refractivity contribution in [1.82, 2.24) is 0 Å². The Morgan fingerprint density at radius 2 is 1.29 bits per heavy atom. The van der Waals surface area contributed by atoms with Gasteiger partial charge in [0.25, 0.3) is 6.47 Å². The number of carbonyl (C=O) groups excluding carboxylic acids is 1. The first-order valence-corrected chi connectivity index (χ1v) is 7.35. The zero-order valence-corrected chi connectivity index (χ0v) is 11.0. The normalized spacial score (nSPS) is 9.21. The molecule has 0 bridgehead atoms. The molecule has 86 valence electrons. The molecule has 0 aliphatic heterocycles. The molecule has 0 spiro atoms. The predicted octanol–water partition coefficient (Wildman–Crippen LogP) is 3.49. The molecule has 0 aliphatic rings. The predicted molar refractivity (Wildman–Crippen MR) is 65.5 cm³/mol. The molecule has 0 aromatic rings. The number of ether oxygens (including phenoxy) is 1. The Labute approximate surface area is 90.2 Å². The Morgan fingerprint density at radius 3 is 1.43 bits per heavy atom. The van der Waals surface area contributed by atoms with E-state index >= 15 is 0 Å². The summed E-state index contributed by atoms with van der Waals surface area (Å²) in [6.07, 6.45) is 8.72. The van der Waals surface area contributed by atoms with Crippen LogP contribution in [0.4, 0.5) is 0 Å². The van der Waals surface area contributed by atoms with Gasteiger partial charge in [-0.15, -0.1) is 7.92 Å². The Kier molecular flexibility index (Phi) is 17.9. The van der Waals surface area contributed by atoms with Crippen LogP contribution in [0.5, 0.6) is 0 Å². The highest BCUT2D eigenvalue weighted by molar-refractivity contribution is 7.57. The molecule has 0 heterocycles. The average Bonchev–Trinajstić information content (AvgIpc) is 2.20. The van der Waals surface area contributed by atoms with Crippen molar-refractivity contribution in [1.29, 1.82) is 0 Å². The second kappa shape index (κ2) is 15.4. The highest BCUT2D eigenvalue weighted by Crippen LogP contribution is 2.37. The number of hydrogen-bond acceptors (Lipinski definition) is 2. The van der Waals surface area contributed by atoms with E-state index in [2.05, 4.69) is 25.5 Å². The lowest BCUT2D eigenvalue weighted by Gasteiger charge is -2.13. The van der Waals surface area contributed by atoms with Crippen molar-refractivity contribution in [3.8, 4) is 0 Å². The smallest absolute Gasteiger partial charge is 0.292 e. The lowest BCUT2D eigenvalue weighted by atomic mass is 10.6. The number of carbonyl (C=O) groups is 1. The molecule has 0 fully saturated rings. The van der Waals surface area contributed by atoms with Crippen molar-refractivity contribution < 1.29 is 9.53 Å². The Hall–Kier alpha value is -0.100. The summed E-state index contributed by atoms with van der Waals surface area (Å²) in [7, 11) is 1.75. The summed E-state index contributed by atoms with van der Waals surface area (Å²) in [4.78, 5) is 8.95. The summed E-state index contributed by atoms with van der Waals surface area (Å²) in [5.74, 6) is 0. The van der Waals surface area contributed by atoms with Gasteiger partial charge >= 0.3 is 0 Å². The molecule has 0 radical (unpaired) electrons. The fourth-order valence-corrected chi connectivity index (χ4v) is 3.85. The molecule has 3 heteroatoms. The number of methoxy groups -OCH3 is 1. The zero-order valence-electron chi connectivity index (χ0n) is 10.1. The van der Waals surface area contributed by atoms with E-state index in [9.17, 15) is 0 Å². The standard InChI is InChI=1S/C9H21P.C2H4O2/c1-4-7-10(8-5-2)9-6-3;1-4-2-3/h4-9H2,1-3H3;2H,1H3. The first kappa shape index (κ1) is 16.3. The molecule has 0 aliphatic carbocycles. The van der Waals surface area contributed by atoms with Gasteiger partial charge in [-0.1, -0.05) is 40.0 Å². The lowest BCUT2D eigenvalue weighted by molar-refractivity contribution is -0.126. The third-order valence-corrected chi connectivity index (χ3v) is 4.95. The molecule has 14 heavy (non-hydrogen) atoms. The second-order valence-corrected chi connectivity index (χ2v) is 5.86. The van der Waals surface area contributed by atoms with Crippen LogP contribution in [0.3, 0.4) is 0 Å². The average molecular weight is 220 g/mol. The van der Waals surface area contributed by atoms with Gasteiger partial charge in [0.05, 0.1) is 7.11 Å². The maximum atomic E-state index is 8.95. The molecule has 2 nitrogen and oxygen atoms in total. The highest BCUT2D eigenvalue weighted by atomic mass is 31.1. The molecule has 0 atom stereocenters. The van der Waals surface area contributed by atoms with E-state index in [1.165, 1.54) is 44.9 Å². The quantitative estimate of drug-likeness (QED) is 0.485. The summed E-state index contributed by atoms with van der Waals surface area (Å²) in [6, 6.07) is 0. The highest BCUT2D eigenvalue weighted by Gasteiger charge is 2.02. The van der Waals surface area contributed by atoms with Crippen LogP contribution in [0.2, 0.25) is 0 Å². The molecule has 0 saturated heterocycles. The van der Waals surface area contributed by atoms with E-state index in [1.807, 2.05) is 0 Å². The van der Waals surface area contributed by atoms with E-state index in [4.69, 9.17) is 4.79 Å². The van der Waals surface area contributed by atoms with Crippen molar-refractivity contribution in [3.63, 3.8) is 0 Å². The molecule has 0 rings (SSSR count). The van der Waals surface area contributed by atoms with Gasteiger partial charge in [-0.05, 0) is 18.5 Å². The first-order valence-electron chi connectivity index (χ1n) is 5.45. The van der Waals surface area contributed by atoms with Crippen LogP contribution < -0.4 is 0 Å². The lowest BCUT2D eigenvalue weighted by Crippen LogP contribution is -1.92. The van der Waals surface area contributed by atoms with Crippen LogP contribution in [0, 0.1) is 0 Å². The van der Waals surface area contributed by atoms with Crippen molar-refractivity contribution in [3.05, 3.63) is 0 Å². The van der Waals surface area contributed by atoms with Crippen LogP contribution in [-0.2, 0) is 9.53 Å². The van der Waals surface area contributed by atoms with Crippen LogP contribution in [0.15, 0.2) is 0 Å². The molecule has 0 aromatic heterocycles. The first-order chi connectivity index (χ1) is 6.76. The van der Waals surface area contributed by atoms with E-state index in [-0.39, 0.29) is 0 Å². The second-order valence-electron chi connectivity index (χ2n) is 3.17. The third kappa shape index (κ3) is 14.4. The SMILES string of the molecule is CCCP(CCC)CCC.COC=O. The Bertz CT molecular complexity index is 93.2. The molecule has 0 N–H and O–H groups in total. The molecule has 0 amide bonds. The summed E-state index contributed by atoms with van der Waals surface area (Å²) in [5.41, 5.74) is 0. The van der Waals surface area contributed by atoms with Gasteiger partial charge in [0, 0.05) is 0 Å². The van der Waals surface area contributed by atoms with E-state index in [1.54, 1.807) is 0 Å². The zero-order chi connectivity index (χ0) is 11.2. The van der Waals surface area contributed by atoms with E-state index < -0.39 is 0 Å². The molecular weight excluding hydrogens is 195 g/mol. The summed E-state index contributed by atoms with van der Waals surface area (Å²) in [6.45, 7) is 7.29. The number of rotatable bonds is 7. The molecular formula is C11H25O2P. The van der Waals surface area contributed by atoms with Crippen molar-refractivity contribution in [2.45, 2.75) is 40.0 Å². The Balaban J connectivity index is 0. The van der Waals surface area contributed by atoms with Gasteiger partial charge in [-0.25, -0.2) is 0 Å². The molecule has 0 unspecified atom stereocenters. The van der Waals surface area contributed by atoms with Crippen molar-refractivity contribution in [2.24, 2.45) is 0 Å². The van der Waals surface area contributed by atoms with Gasteiger partial charge in [-0.3, -0.25) is 4.79 Å². The minimum absolute atomic E-state index is 0.375. The maximum absolute atomic E-state index is 8.95. The topological polar surface area (TPSA) is 26.3 Å². The molecule has 0 saturated carbocycles. The minimum Gasteiger partial charge on any atom is -0.471 e. The van der Waals surface area contributed by atoms with Gasteiger partial charge in [0.2, 0.25) is 0 Å².